The Morgan fingerprint density at radius 1 is 1.17 bits per heavy atom. The number of ether oxygens (including phenoxy) is 1. The summed E-state index contributed by atoms with van der Waals surface area (Å²) in [6.45, 7) is 1.92. The molecule has 0 unspecified atom stereocenters. The van der Waals surface area contributed by atoms with Crippen molar-refractivity contribution in [3.8, 4) is 5.75 Å². The molecule has 1 heterocycles. The van der Waals surface area contributed by atoms with Crippen LogP contribution in [0, 0.1) is 6.92 Å². The third-order valence-electron chi connectivity index (χ3n) is 3.52. The van der Waals surface area contributed by atoms with Gasteiger partial charge in [-0.2, -0.15) is 0 Å². The Morgan fingerprint density at radius 3 is 2.78 bits per heavy atom. The number of hydrogen-bond acceptors (Lipinski definition) is 3. The average molecular weight is 327 g/mol. The molecule has 1 amide bonds. The number of halogens is 1. The van der Waals surface area contributed by atoms with E-state index in [4.69, 9.17) is 16.3 Å². The molecule has 0 saturated carbocycles. The lowest BCUT2D eigenvalue weighted by atomic mass is 10.1. The van der Waals surface area contributed by atoms with Crippen molar-refractivity contribution in [2.45, 2.75) is 6.92 Å². The van der Waals surface area contributed by atoms with Crippen molar-refractivity contribution in [3.05, 3.63) is 64.8 Å². The Bertz CT molecular complexity index is 893. The van der Waals surface area contributed by atoms with Crippen LogP contribution in [0.2, 0.25) is 5.02 Å². The largest absolute Gasteiger partial charge is 0.496 e. The number of methoxy groups -OCH3 is 1. The van der Waals surface area contributed by atoms with Crippen LogP contribution in [0.25, 0.3) is 10.9 Å². The minimum Gasteiger partial charge on any atom is -0.496 e. The maximum Gasteiger partial charge on any atom is 0.259 e. The fourth-order valence-corrected chi connectivity index (χ4v) is 2.55. The van der Waals surface area contributed by atoms with E-state index < -0.39 is 0 Å². The molecule has 0 fully saturated rings. The molecule has 4 nitrogen and oxygen atoms in total. The third kappa shape index (κ3) is 3.12. The van der Waals surface area contributed by atoms with Crippen molar-refractivity contribution in [3.63, 3.8) is 0 Å². The molecule has 3 aromatic rings. The number of carbonyl (C=O) groups is 1. The van der Waals surface area contributed by atoms with Crippen LogP contribution in [0.1, 0.15) is 16.1 Å². The first-order valence-electron chi connectivity index (χ1n) is 7.10. The van der Waals surface area contributed by atoms with Gasteiger partial charge in [-0.3, -0.25) is 9.78 Å². The van der Waals surface area contributed by atoms with Crippen molar-refractivity contribution in [1.82, 2.24) is 4.98 Å². The van der Waals surface area contributed by atoms with Crippen molar-refractivity contribution in [2.75, 3.05) is 12.4 Å². The molecule has 0 saturated heterocycles. The van der Waals surface area contributed by atoms with Gasteiger partial charge >= 0.3 is 0 Å². The number of nitrogens with one attached hydrogen (secondary N) is 1. The SMILES string of the molecule is COc1cc(Cl)ccc1C(=O)Nc1cccc2ccc(C)nc12. The van der Waals surface area contributed by atoms with Crippen LogP contribution in [0.4, 0.5) is 5.69 Å². The quantitative estimate of drug-likeness (QED) is 0.773. The number of pyridine rings is 1. The number of benzene rings is 2. The molecule has 2 aromatic carbocycles. The first-order chi connectivity index (χ1) is 11.1. The van der Waals surface area contributed by atoms with E-state index in [0.717, 1.165) is 16.6 Å². The Balaban J connectivity index is 1.99. The Morgan fingerprint density at radius 2 is 2.00 bits per heavy atom. The van der Waals surface area contributed by atoms with Gasteiger partial charge < -0.3 is 10.1 Å². The van der Waals surface area contributed by atoms with Gasteiger partial charge in [0, 0.05) is 16.1 Å². The van der Waals surface area contributed by atoms with E-state index in [1.54, 1.807) is 18.2 Å². The number of anilines is 1. The number of fused-ring (bicyclic) bond motifs is 1. The topological polar surface area (TPSA) is 51.2 Å². The predicted molar refractivity (Wildman–Crippen MR) is 92.4 cm³/mol. The summed E-state index contributed by atoms with van der Waals surface area (Å²) in [4.78, 5) is 17.1. The maximum atomic E-state index is 12.6. The molecule has 1 N–H and O–H groups in total. The van der Waals surface area contributed by atoms with Crippen LogP contribution >= 0.6 is 11.6 Å². The smallest absolute Gasteiger partial charge is 0.259 e. The second-order valence-electron chi connectivity index (χ2n) is 5.13. The molecule has 0 aliphatic rings. The Hall–Kier alpha value is -2.59. The zero-order valence-corrected chi connectivity index (χ0v) is 13.5. The number of carbonyl (C=O) groups excluding carboxylic acids is 1. The zero-order valence-electron chi connectivity index (χ0n) is 12.8. The number of nitrogens with zero attached hydrogens (tertiary/aromatic N) is 1. The molecule has 116 valence electrons. The molecular weight excluding hydrogens is 312 g/mol. The van der Waals surface area contributed by atoms with Gasteiger partial charge in [-0.05, 0) is 37.3 Å². The van der Waals surface area contributed by atoms with Crippen LogP contribution in [0.15, 0.2) is 48.5 Å². The lowest BCUT2D eigenvalue weighted by molar-refractivity contribution is 0.102. The van der Waals surface area contributed by atoms with Gasteiger partial charge in [0.1, 0.15) is 5.75 Å². The molecule has 0 bridgehead atoms. The highest BCUT2D eigenvalue weighted by atomic mass is 35.5. The number of rotatable bonds is 3. The highest BCUT2D eigenvalue weighted by Gasteiger charge is 2.14. The van der Waals surface area contributed by atoms with Crippen LogP contribution in [-0.4, -0.2) is 18.0 Å². The van der Waals surface area contributed by atoms with Crippen molar-refractivity contribution < 1.29 is 9.53 Å². The lowest BCUT2D eigenvalue weighted by Gasteiger charge is -2.11. The first-order valence-corrected chi connectivity index (χ1v) is 7.47. The second kappa shape index (κ2) is 6.26. The minimum atomic E-state index is -0.269. The number of aryl methyl sites for hydroxylation is 1. The van der Waals surface area contributed by atoms with Crippen LogP contribution < -0.4 is 10.1 Å². The Kier molecular flexibility index (Phi) is 4.17. The highest BCUT2D eigenvalue weighted by molar-refractivity contribution is 6.31. The summed E-state index contributed by atoms with van der Waals surface area (Å²) >= 11 is 5.93. The van der Waals surface area contributed by atoms with E-state index >= 15 is 0 Å². The third-order valence-corrected chi connectivity index (χ3v) is 3.75. The molecule has 3 rings (SSSR count). The monoisotopic (exact) mass is 326 g/mol. The lowest BCUT2D eigenvalue weighted by Crippen LogP contribution is -2.13. The second-order valence-corrected chi connectivity index (χ2v) is 5.57. The van der Waals surface area contributed by atoms with Crippen LogP contribution in [-0.2, 0) is 0 Å². The van der Waals surface area contributed by atoms with Gasteiger partial charge in [0.25, 0.3) is 5.91 Å². The van der Waals surface area contributed by atoms with Gasteiger partial charge in [0.05, 0.1) is 23.9 Å². The fraction of sp³-hybridized carbons (Fsp3) is 0.111. The van der Waals surface area contributed by atoms with Gasteiger partial charge in [-0.15, -0.1) is 0 Å². The van der Waals surface area contributed by atoms with Crippen molar-refractivity contribution in [1.29, 1.82) is 0 Å². The summed E-state index contributed by atoms with van der Waals surface area (Å²) < 4.78 is 5.23. The Labute approximate surface area is 139 Å². The van der Waals surface area contributed by atoms with E-state index in [0.29, 0.717) is 22.0 Å². The van der Waals surface area contributed by atoms with Gasteiger partial charge in [-0.1, -0.05) is 29.8 Å². The number of para-hydroxylation sites is 1. The van der Waals surface area contributed by atoms with Crippen molar-refractivity contribution >= 4 is 34.1 Å². The molecular formula is C18H15ClN2O2. The molecule has 1 aromatic heterocycles. The molecule has 0 spiro atoms. The number of hydrogen-bond donors (Lipinski definition) is 1. The van der Waals surface area contributed by atoms with Crippen molar-refractivity contribution in [2.24, 2.45) is 0 Å². The van der Waals surface area contributed by atoms with E-state index in [9.17, 15) is 4.79 Å². The molecule has 0 aliphatic carbocycles. The van der Waals surface area contributed by atoms with E-state index in [2.05, 4.69) is 10.3 Å². The van der Waals surface area contributed by atoms with Crippen LogP contribution in [0.3, 0.4) is 0 Å². The maximum absolute atomic E-state index is 12.6. The average Bonchev–Trinajstić information content (AvgIpc) is 2.55. The molecule has 23 heavy (non-hydrogen) atoms. The first kappa shape index (κ1) is 15.3. The summed E-state index contributed by atoms with van der Waals surface area (Å²) in [5, 5.41) is 4.38. The van der Waals surface area contributed by atoms with Gasteiger partial charge in [0.2, 0.25) is 0 Å². The summed E-state index contributed by atoms with van der Waals surface area (Å²) in [5.74, 6) is 0.161. The normalized spacial score (nSPS) is 10.6. The molecule has 5 heteroatoms. The summed E-state index contributed by atoms with van der Waals surface area (Å²) in [5.41, 5.74) is 2.73. The minimum absolute atomic E-state index is 0.269. The van der Waals surface area contributed by atoms with E-state index in [-0.39, 0.29) is 5.91 Å². The highest BCUT2D eigenvalue weighted by Crippen LogP contribution is 2.26. The zero-order chi connectivity index (χ0) is 16.4. The number of aromatic nitrogens is 1. The van der Waals surface area contributed by atoms with Gasteiger partial charge in [-0.25, -0.2) is 0 Å². The van der Waals surface area contributed by atoms with Crippen LogP contribution in [0.5, 0.6) is 5.75 Å². The molecule has 0 radical (unpaired) electrons. The molecule has 0 aliphatic heterocycles. The predicted octanol–water partition coefficient (Wildman–Crippen LogP) is 4.46. The van der Waals surface area contributed by atoms with E-state index in [1.165, 1.54) is 7.11 Å². The summed E-state index contributed by atoms with van der Waals surface area (Å²) in [6, 6.07) is 14.5. The number of amides is 1. The fourth-order valence-electron chi connectivity index (χ4n) is 2.39. The van der Waals surface area contributed by atoms with Gasteiger partial charge in [0.15, 0.2) is 0 Å². The summed E-state index contributed by atoms with van der Waals surface area (Å²) in [7, 11) is 1.51. The molecule has 0 atom stereocenters. The standard InChI is InChI=1S/C18H15ClN2O2/c1-11-6-7-12-4-3-5-15(17(12)20-11)21-18(22)14-9-8-13(19)10-16(14)23-2/h3-10H,1-2H3,(H,21,22). The van der Waals surface area contributed by atoms with E-state index in [1.807, 2.05) is 37.3 Å². The summed E-state index contributed by atoms with van der Waals surface area (Å²) in [6.07, 6.45) is 0.